The molecule has 2 rings (SSSR count). The van der Waals surface area contributed by atoms with E-state index in [1.807, 2.05) is 0 Å². The summed E-state index contributed by atoms with van der Waals surface area (Å²) in [5.41, 5.74) is 0. The van der Waals surface area contributed by atoms with Crippen molar-refractivity contribution < 1.29 is 0 Å². The Kier molecular flexibility index (Phi) is 5.08. The summed E-state index contributed by atoms with van der Waals surface area (Å²) in [6.45, 7) is 12.1. The van der Waals surface area contributed by atoms with E-state index in [0.717, 1.165) is 30.0 Å². The van der Waals surface area contributed by atoms with Gasteiger partial charge in [0.25, 0.3) is 0 Å². The van der Waals surface area contributed by atoms with Gasteiger partial charge in [-0.15, -0.1) is 0 Å². The number of hydrogen-bond donors (Lipinski definition) is 1. The van der Waals surface area contributed by atoms with E-state index in [4.69, 9.17) is 0 Å². The van der Waals surface area contributed by atoms with E-state index in [0.29, 0.717) is 0 Å². The lowest BCUT2D eigenvalue weighted by molar-refractivity contribution is 0.145. The molecule has 0 spiro atoms. The average molecular weight is 252 g/mol. The average Bonchev–Trinajstić information content (AvgIpc) is 2.56. The van der Waals surface area contributed by atoms with E-state index in [2.05, 4.69) is 37.9 Å². The normalized spacial score (nSPS) is 29.5. The van der Waals surface area contributed by atoms with Crippen molar-refractivity contribution in [1.29, 1.82) is 0 Å². The standard InChI is InChI=1S/C16H32N2/c1-12(2)9-16(10-13(3)4)18-8-7-14-5-6-15(11-18)17-14/h12-17H,5-11H2,1-4H3. The molecule has 0 aromatic rings. The highest BCUT2D eigenvalue weighted by Gasteiger charge is 2.32. The second-order valence-electron chi connectivity index (χ2n) is 7.33. The van der Waals surface area contributed by atoms with Gasteiger partial charge < -0.3 is 5.32 Å². The third-order valence-corrected chi connectivity index (χ3v) is 4.56. The van der Waals surface area contributed by atoms with Crippen molar-refractivity contribution in [1.82, 2.24) is 10.2 Å². The van der Waals surface area contributed by atoms with Crippen LogP contribution >= 0.6 is 0 Å². The van der Waals surface area contributed by atoms with Crippen LogP contribution < -0.4 is 5.32 Å². The van der Waals surface area contributed by atoms with Crippen molar-refractivity contribution in [3.63, 3.8) is 0 Å². The SMILES string of the molecule is CC(C)CC(CC(C)C)N1CCC2CCC(C1)N2. The van der Waals surface area contributed by atoms with Crippen LogP contribution in [0.25, 0.3) is 0 Å². The molecule has 0 aliphatic carbocycles. The number of hydrogen-bond acceptors (Lipinski definition) is 2. The molecular weight excluding hydrogens is 220 g/mol. The molecule has 2 bridgehead atoms. The monoisotopic (exact) mass is 252 g/mol. The highest BCUT2D eigenvalue weighted by molar-refractivity contribution is 4.91. The summed E-state index contributed by atoms with van der Waals surface area (Å²) < 4.78 is 0. The van der Waals surface area contributed by atoms with E-state index in [1.165, 1.54) is 45.2 Å². The fourth-order valence-electron chi connectivity index (χ4n) is 3.78. The van der Waals surface area contributed by atoms with E-state index in [9.17, 15) is 0 Å². The molecular formula is C16H32N2. The molecule has 2 nitrogen and oxygen atoms in total. The summed E-state index contributed by atoms with van der Waals surface area (Å²) in [7, 11) is 0. The van der Waals surface area contributed by atoms with Crippen molar-refractivity contribution >= 4 is 0 Å². The molecule has 0 aromatic heterocycles. The smallest absolute Gasteiger partial charge is 0.0198 e. The van der Waals surface area contributed by atoms with Crippen LogP contribution in [0.15, 0.2) is 0 Å². The first-order valence-corrected chi connectivity index (χ1v) is 8.04. The zero-order valence-corrected chi connectivity index (χ0v) is 12.8. The van der Waals surface area contributed by atoms with Gasteiger partial charge >= 0.3 is 0 Å². The number of rotatable bonds is 5. The van der Waals surface area contributed by atoms with Gasteiger partial charge in [0, 0.05) is 24.7 Å². The molecule has 2 heterocycles. The quantitative estimate of drug-likeness (QED) is 0.808. The molecule has 2 fully saturated rings. The number of fused-ring (bicyclic) bond motifs is 2. The Balaban J connectivity index is 1.95. The Labute approximate surface area is 114 Å². The Hall–Kier alpha value is -0.0800. The lowest BCUT2D eigenvalue weighted by Gasteiger charge is -2.35. The highest BCUT2D eigenvalue weighted by atomic mass is 15.2. The molecule has 0 amide bonds. The Morgan fingerprint density at radius 3 is 2.17 bits per heavy atom. The first-order chi connectivity index (χ1) is 8.54. The van der Waals surface area contributed by atoms with E-state index < -0.39 is 0 Å². The largest absolute Gasteiger partial charge is 0.310 e. The first-order valence-electron chi connectivity index (χ1n) is 8.04. The van der Waals surface area contributed by atoms with Crippen molar-refractivity contribution in [3.05, 3.63) is 0 Å². The van der Waals surface area contributed by atoms with E-state index in [-0.39, 0.29) is 0 Å². The van der Waals surface area contributed by atoms with Gasteiger partial charge in [-0.2, -0.15) is 0 Å². The third-order valence-electron chi connectivity index (χ3n) is 4.56. The van der Waals surface area contributed by atoms with Gasteiger partial charge in [-0.3, -0.25) is 4.90 Å². The van der Waals surface area contributed by atoms with E-state index >= 15 is 0 Å². The zero-order chi connectivity index (χ0) is 13.1. The summed E-state index contributed by atoms with van der Waals surface area (Å²) in [5, 5.41) is 3.80. The van der Waals surface area contributed by atoms with Gasteiger partial charge in [0.1, 0.15) is 0 Å². The molecule has 2 heteroatoms. The van der Waals surface area contributed by atoms with Crippen LogP contribution in [0.2, 0.25) is 0 Å². The van der Waals surface area contributed by atoms with Crippen LogP contribution in [0.3, 0.4) is 0 Å². The van der Waals surface area contributed by atoms with Gasteiger partial charge in [0.2, 0.25) is 0 Å². The second kappa shape index (κ2) is 6.38. The maximum atomic E-state index is 3.80. The second-order valence-corrected chi connectivity index (χ2v) is 7.33. The predicted molar refractivity (Wildman–Crippen MR) is 78.8 cm³/mol. The first kappa shape index (κ1) is 14.3. The van der Waals surface area contributed by atoms with Crippen molar-refractivity contribution in [2.24, 2.45) is 11.8 Å². The predicted octanol–water partition coefficient (Wildman–Crippen LogP) is 3.27. The summed E-state index contributed by atoms with van der Waals surface area (Å²) in [6, 6.07) is 2.41. The number of nitrogens with zero attached hydrogens (tertiary/aromatic N) is 1. The van der Waals surface area contributed by atoms with Crippen LogP contribution in [0.1, 0.15) is 59.8 Å². The lowest BCUT2D eigenvalue weighted by atomic mass is 9.93. The minimum atomic E-state index is 0.777. The van der Waals surface area contributed by atoms with Crippen LogP contribution in [-0.2, 0) is 0 Å². The Morgan fingerprint density at radius 1 is 0.944 bits per heavy atom. The molecule has 2 atom stereocenters. The fraction of sp³-hybridized carbons (Fsp3) is 1.00. The van der Waals surface area contributed by atoms with Crippen molar-refractivity contribution in [2.45, 2.75) is 77.9 Å². The maximum absolute atomic E-state index is 3.80. The van der Waals surface area contributed by atoms with Crippen LogP contribution in [0.5, 0.6) is 0 Å². The van der Waals surface area contributed by atoms with Gasteiger partial charge in [-0.1, -0.05) is 27.7 Å². The third kappa shape index (κ3) is 3.96. The molecule has 2 saturated heterocycles. The number of likely N-dealkylation sites (tertiary alicyclic amines) is 1. The van der Waals surface area contributed by atoms with Gasteiger partial charge in [-0.25, -0.2) is 0 Å². The van der Waals surface area contributed by atoms with Crippen LogP contribution in [-0.4, -0.2) is 36.1 Å². The summed E-state index contributed by atoms with van der Waals surface area (Å²) in [5.74, 6) is 1.64. The molecule has 0 radical (unpaired) electrons. The molecule has 106 valence electrons. The van der Waals surface area contributed by atoms with Crippen molar-refractivity contribution in [3.8, 4) is 0 Å². The molecule has 2 unspecified atom stereocenters. The van der Waals surface area contributed by atoms with Crippen LogP contribution in [0, 0.1) is 11.8 Å². The lowest BCUT2D eigenvalue weighted by Crippen LogP contribution is -2.42. The summed E-state index contributed by atoms with van der Waals surface area (Å²) in [4.78, 5) is 2.80. The summed E-state index contributed by atoms with van der Waals surface area (Å²) in [6.07, 6.45) is 6.92. The highest BCUT2D eigenvalue weighted by Crippen LogP contribution is 2.26. The molecule has 1 N–H and O–H groups in total. The van der Waals surface area contributed by atoms with Gasteiger partial charge in [0.15, 0.2) is 0 Å². The van der Waals surface area contributed by atoms with Crippen LogP contribution in [0.4, 0.5) is 0 Å². The van der Waals surface area contributed by atoms with Gasteiger partial charge in [0.05, 0.1) is 0 Å². The molecule has 2 aliphatic rings. The zero-order valence-electron chi connectivity index (χ0n) is 12.8. The Bertz CT molecular complexity index is 239. The minimum absolute atomic E-state index is 0.777. The molecule has 0 saturated carbocycles. The summed E-state index contributed by atoms with van der Waals surface area (Å²) >= 11 is 0. The molecule has 0 aromatic carbocycles. The van der Waals surface area contributed by atoms with Gasteiger partial charge in [-0.05, 0) is 50.5 Å². The molecule has 2 aliphatic heterocycles. The molecule has 18 heavy (non-hydrogen) atoms. The minimum Gasteiger partial charge on any atom is -0.310 e. The Morgan fingerprint density at radius 2 is 1.56 bits per heavy atom. The van der Waals surface area contributed by atoms with E-state index in [1.54, 1.807) is 0 Å². The fourth-order valence-corrected chi connectivity index (χ4v) is 3.78. The maximum Gasteiger partial charge on any atom is 0.0198 e. The number of nitrogens with one attached hydrogen (secondary N) is 1. The topological polar surface area (TPSA) is 15.3 Å². The van der Waals surface area contributed by atoms with Crippen molar-refractivity contribution in [2.75, 3.05) is 13.1 Å².